The van der Waals surface area contributed by atoms with E-state index < -0.39 is 0 Å². The molecule has 0 rings (SSSR count). The number of ketones is 1. The molecular formula is C6H9NO. The molecule has 0 spiro atoms. The Kier molecular flexibility index (Phi) is 2.82. The fourth-order valence-electron chi connectivity index (χ4n) is 0.418. The molecule has 2 nitrogen and oxygen atoms in total. The van der Waals surface area contributed by atoms with Gasteiger partial charge in [-0.25, -0.2) is 0 Å². The van der Waals surface area contributed by atoms with Crippen LogP contribution in [0.5, 0.6) is 0 Å². The van der Waals surface area contributed by atoms with E-state index in [4.69, 9.17) is 5.41 Å². The fourth-order valence-corrected chi connectivity index (χ4v) is 0.418. The Morgan fingerprint density at radius 3 is 2.25 bits per heavy atom. The van der Waals surface area contributed by atoms with E-state index in [1.807, 2.05) is 0 Å². The first-order chi connectivity index (χ1) is 3.66. The standard InChI is InChI=1S/C6H9NO/c1-5(4-7)3-6(2)8/h7H,3H2,1-2H3. The van der Waals surface area contributed by atoms with Crippen LogP contribution < -0.4 is 0 Å². The van der Waals surface area contributed by atoms with E-state index in [-0.39, 0.29) is 5.78 Å². The molecule has 0 aromatic carbocycles. The van der Waals surface area contributed by atoms with Crippen molar-refractivity contribution in [2.45, 2.75) is 20.3 Å². The zero-order chi connectivity index (χ0) is 6.57. The summed E-state index contributed by atoms with van der Waals surface area (Å²) in [6.07, 6.45) is 0.365. The highest BCUT2D eigenvalue weighted by molar-refractivity contribution is 5.80. The van der Waals surface area contributed by atoms with Crippen molar-refractivity contribution in [3.8, 4) is 0 Å². The lowest BCUT2D eigenvalue weighted by Gasteiger charge is -1.86. The van der Waals surface area contributed by atoms with E-state index in [1.54, 1.807) is 6.92 Å². The van der Waals surface area contributed by atoms with Gasteiger partial charge >= 0.3 is 0 Å². The van der Waals surface area contributed by atoms with Crippen LogP contribution in [0.1, 0.15) is 20.3 Å². The summed E-state index contributed by atoms with van der Waals surface area (Å²) in [4.78, 5) is 10.3. The number of hydrogen-bond acceptors (Lipinski definition) is 2. The second-order valence-corrected chi connectivity index (χ2v) is 1.78. The van der Waals surface area contributed by atoms with Gasteiger partial charge in [0.05, 0.1) is 0 Å². The average molecular weight is 111 g/mol. The molecule has 0 saturated heterocycles. The largest absolute Gasteiger partial charge is 0.300 e. The first kappa shape index (κ1) is 7.12. The monoisotopic (exact) mass is 111 g/mol. The number of Topliss-reactive ketones (excluding diaryl/α,β-unsaturated/α-hetero) is 1. The SMILES string of the molecule is CC(=O)CC(C)=C=N. The minimum Gasteiger partial charge on any atom is -0.300 e. The van der Waals surface area contributed by atoms with E-state index in [0.717, 1.165) is 0 Å². The molecule has 0 aliphatic carbocycles. The number of allylic oxidation sites excluding steroid dienone is 1. The normalized spacial score (nSPS) is 7.75. The van der Waals surface area contributed by atoms with Gasteiger partial charge in [-0.15, -0.1) is 0 Å². The Bertz CT molecular complexity index is 143. The van der Waals surface area contributed by atoms with Crippen molar-refractivity contribution >= 4 is 11.7 Å². The summed E-state index contributed by atoms with van der Waals surface area (Å²) in [5, 5.41) is 6.56. The van der Waals surface area contributed by atoms with E-state index in [9.17, 15) is 4.79 Å². The van der Waals surface area contributed by atoms with Gasteiger partial charge in [0.25, 0.3) is 0 Å². The molecule has 0 aliphatic rings. The summed E-state index contributed by atoms with van der Waals surface area (Å²) in [6.45, 7) is 3.22. The molecule has 0 bridgehead atoms. The third kappa shape index (κ3) is 3.32. The maximum Gasteiger partial charge on any atom is 0.134 e. The molecule has 0 unspecified atom stereocenters. The molecule has 2 heteroatoms. The van der Waals surface area contributed by atoms with Gasteiger partial charge in [-0.2, -0.15) is 0 Å². The Morgan fingerprint density at radius 2 is 2.12 bits per heavy atom. The van der Waals surface area contributed by atoms with Crippen molar-refractivity contribution in [1.82, 2.24) is 0 Å². The smallest absolute Gasteiger partial charge is 0.134 e. The summed E-state index contributed by atoms with van der Waals surface area (Å²) in [5.74, 6) is 2.23. The first-order valence-electron chi connectivity index (χ1n) is 2.41. The van der Waals surface area contributed by atoms with Crippen LogP contribution in [0.4, 0.5) is 0 Å². The molecule has 44 valence electrons. The highest BCUT2D eigenvalue weighted by Gasteiger charge is 1.91. The Morgan fingerprint density at radius 1 is 1.62 bits per heavy atom. The van der Waals surface area contributed by atoms with E-state index >= 15 is 0 Å². The lowest BCUT2D eigenvalue weighted by molar-refractivity contribution is -0.116. The number of carbonyl (C=O) groups is 1. The summed E-state index contributed by atoms with van der Waals surface area (Å²) in [5.41, 5.74) is 0.692. The third-order valence-corrected chi connectivity index (χ3v) is 0.727. The van der Waals surface area contributed by atoms with Gasteiger partial charge in [0.2, 0.25) is 0 Å². The first-order valence-corrected chi connectivity index (χ1v) is 2.41. The quantitative estimate of drug-likeness (QED) is 0.534. The van der Waals surface area contributed by atoms with E-state index in [0.29, 0.717) is 12.0 Å². The molecule has 0 fully saturated rings. The highest BCUT2D eigenvalue weighted by Crippen LogP contribution is 1.92. The van der Waals surface area contributed by atoms with Crippen LogP contribution in [0, 0.1) is 5.41 Å². The van der Waals surface area contributed by atoms with Crippen molar-refractivity contribution < 1.29 is 4.79 Å². The second kappa shape index (κ2) is 3.16. The zero-order valence-corrected chi connectivity index (χ0v) is 5.12. The Labute approximate surface area is 48.7 Å². The second-order valence-electron chi connectivity index (χ2n) is 1.78. The molecule has 0 aromatic heterocycles. The molecule has 0 amide bonds. The Hall–Kier alpha value is -0.880. The molecule has 0 atom stereocenters. The van der Waals surface area contributed by atoms with Crippen molar-refractivity contribution in [2.75, 3.05) is 0 Å². The van der Waals surface area contributed by atoms with Gasteiger partial charge < -0.3 is 0 Å². The number of hydrogen-bond donors (Lipinski definition) is 1. The average Bonchev–Trinajstić information content (AvgIpc) is 1.65. The minimum absolute atomic E-state index is 0.0854. The molecule has 1 N–H and O–H groups in total. The van der Waals surface area contributed by atoms with Crippen LogP contribution in [0.25, 0.3) is 0 Å². The van der Waals surface area contributed by atoms with Gasteiger partial charge in [0.15, 0.2) is 0 Å². The fraction of sp³-hybridized carbons (Fsp3) is 0.500. The molecule has 0 heterocycles. The van der Waals surface area contributed by atoms with E-state index in [2.05, 4.69) is 5.87 Å². The topological polar surface area (TPSA) is 40.9 Å². The third-order valence-electron chi connectivity index (χ3n) is 0.727. The van der Waals surface area contributed by atoms with Crippen LogP contribution in [0.3, 0.4) is 0 Å². The summed E-state index contributed by atoms with van der Waals surface area (Å²) in [7, 11) is 0. The van der Waals surface area contributed by atoms with Crippen molar-refractivity contribution in [3.05, 3.63) is 5.57 Å². The van der Waals surface area contributed by atoms with Gasteiger partial charge in [-0.1, -0.05) is 0 Å². The van der Waals surface area contributed by atoms with Crippen molar-refractivity contribution in [1.29, 1.82) is 5.41 Å². The molecule has 0 aromatic rings. The highest BCUT2D eigenvalue weighted by atomic mass is 16.1. The molecular weight excluding hydrogens is 102 g/mol. The van der Waals surface area contributed by atoms with Gasteiger partial charge in [0.1, 0.15) is 5.78 Å². The number of nitrogens with one attached hydrogen (secondary N) is 1. The van der Waals surface area contributed by atoms with Gasteiger partial charge in [0, 0.05) is 6.42 Å². The molecule has 0 aliphatic heterocycles. The van der Waals surface area contributed by atoms with Crippen LogP contribution >= 0.6 is 0 Å². The number of carbonyl (C=O) groups excluding carboxylic acids is 1. The maximum absolute atomic E-state index is 10.3. The lowest BCUT2D eigenvalue weighted by atomic mass is 10.2. The predicted octanol–water partition coefficient (Wildman–Crippen LogP) is 1.16. The molecule has 0 saturated carbocycles. The predicted molar refractivity (Wildman–Crippen MR) is 32.2 cm³/mol. The maximum atomic E-state index is 10.3. The van der Waals surface area contributed by atoms with Crippen LogP contribution in [0.15, 0.2) is 5.57 Å². The van der Waals surface area contributed by atoms with E-state index in [1.165, 1.54) is 6.92 Å². The van der Waals surface area contributed by atoms with Crippen LogP contribution in [-0.4, -0.2) is 11.7 Å². The summed E-state index contributed by atoms with van der Waals surface area (Å²) in [6, 6.07) is 0. The van der Waals surface area contributed by atoms with Gasteiger partial charge in [-0.3, -0.25) is 10.2 Å². The van der Waals surface area contributed by atoms with Crippen molar-refractivity contribution in [3.63, 3.8) is 0 Å². The number of rotatable bonds is 2. The van der Waals surface area contributed by atoms with Crippen molar-refractivity contribution in [2.24, 2.45) is 0 Å². The molecule has 8 heavy (non-hydrogen) atoms. The van der Waals surface area contributed by atoms with Crippen LogP contribution in [0.2, 0.25) is 0 Å². The lowest BCUT2D eigenvalue weighted by Crippen LogP contribution is -1.89. The van der Waals surface area contributed by atoms with Crippen LogP contribution in [-0.2, 0) is 4.79 Å². The zero-order valence-electron chi connectivity index (χ0n) is 5.12. The van der Waals surface area contributed by atoms with Gasteiger partial charge in [-0.05, 0) is 25.3 Å². The Balaban J connectivity index is 3.74. The summed E-state index contributed by atoms with van der Waals surface area (Å²) < 4.78 is 0. The minimum atomic E-state index is 0.0854. The summed E-state index contributed by atoms with van der Waals surface area (Å²) >= 11 is 0. The molecule has 0 radical (unpaired) electrons.